The third kappa shape index (κ3) is 3.42. The van der Waals surface area contributed by atoms with Crippen molar-refractivity contribution >= 4 is 17.5 Å². The topological polar surface area (TPSA) is 69.6 Å². The van der Waals surface area contributed by atoms with E-state index in [4.69, 9.17) is 5.11 Å². The number of aliphatic hydroxyl groups is 1. The maximum atomic E-state index is 12.5. The Hall–Kier alpha value is -1.88. The fraction of sp³-hybridized carbons (Fsp3) is 0.500. The molecule has 0 atom stereocenters. The van der Waals surface area contributed by atoms with E-state index in [1.165, 1.54) is 0 Å². The lowest BCUT2D eigenvalue weighted by Gasteiger charge is -2.21. The molecule has 2 aliphatic rings. The van der Waals surface area contributed by atoms with E-state index in [9.17, 15) is 9.59 Å². The van der Waals surface area contributed by atoms with Crippen molar-refractivity contribution in [1.29, 1.82) is 0 Å². The van der Waals surface area contributed by atoms with Crippen LogP contribution >= 0.6 is 0 Å². The van der Waals surface area contributed by atoms with Gasteiger partial charge < -0.3 is 15.3 Å². The van der Waals surface area contributed by atoms with Crippen LogP contribution in [0.25, 0.3) is 0 Å². The number of amides is 2. The van der Waals surface area contributed by atoms with Crippen molar-refractivity contribution < 1.29 is 14.7 Å². The van der Waals surface area contributed by atoms with Crippen molar-refractivity contribution in [3.63, 3.8) is 0 Å². The summed E-state index contributed by atoms with van der Waals surface area (Å²) in [6.45, 7) is 0.336. The summed E-state index contributed by atoms with van der Waals surface area (Å²) in [6, 6.07) is 7.30. The zero-order chi connectivity index (χ0) is 14.8. The van der Waals surface area contributed by atoms with Gasteiger partial charge in [-0.25, -0.2) is 0 Å². The second-order valence-electron chi connectivity index (χ2n) is 5.80. The summed E-state index contributed by atoms with van der Waals surface area (Å²) < 4.78 is 0. The molecular formula is C16H20N2O3. The fourth-order valence-corrected chi connectivity index (χ4v) is 2.43. The lowest BCUT2D eigenvalue weighted by atomic mass is 10.1. The van der Waals surface area contributed by atoms with Crippen LogP contribution in [0.4, 0.5) is 5.69 Å². The minimum Gasteiger partial charge on any atom is -0.395 e. The van der Waals surface area contributed by atoms with Gasteiger partial charge in [-0.1, -0.05) is 6.07 Å². The SMILES string of the molecule is O=C(Nc1cccc(C(=O)N(CCO)C2CC2)c1)C1CC1. The maximum Gasteiger partial charge on any atom is 0.254 e. The van der Waals surface area contributed by atoms with E-state index in [2.05, 4.69) is 5.32 Å². The van der Waals surface area contributed by atoms with Gasteiger partial charge in [0.1, 0.15) is 0 Å². The molecule has 0 heterocycles. The zero-order valence-corrected chi connectivity index (χ0v) is 11.9. The number of carbonyl (C=O) groups excluding carboxylic acids is 2. The van der Waals surface area contributed by atoms with Gasteiger partial charge in [-0.05, 0) is 43.9 Å². The van der Waals surface area contributed by atoms with Crippen molar-refractivity contribution in [1.82, 2.24) is 4.90 Å². The highest BCUT2D eigenvalue weighted by molar-refractivity contribution is 5.98. The van der Waals surface area contributed by atoms with Crippen LogP contribution in [-0.4, -0.2) is 41.0 Å². The number of anilines is 1. The van der Waals surface area contributed by atoms with Gasteiger partial charge in [0.15, 0.2) is 0 Å². The highest BCUT2D eigenvalue weighted by Crippen LogP contribution is 2.31. The number of aliphatic hydroxyl groups excluding tert-OH is 1. The molecule has 0 bridgehead atoms. The molecule has 1 aromatic carbocycles. The number of carbonyl (C=O) groups is 2. The minimum absolute atomic E-state index is 0.0274. The van der Waals surface area contributed by atoms with E-state index in [0.29, 0.717) is 17.8 Å². The molecule has 2 fully saturated rings. The van der Waals surface area contributed by atoms with Crippen molar-refractivity contribution in [2.45, 2.75) is 31.7 Å². The lowest BCUT2D eigenvalue weighted by Crippen LogP contribution is -2.35. The molecule has 2 N–H and O–H groups in total. The average Bonchev–Trinajstić information content (AvgIpc) is 3.37. The summed E-state index contributed by atoms with van der Waals surface area (Å²) in [4.78, 5) is 26.0. The Morgan fingerprint density at radius 2 is 2.00 bits per heavy atom. The second-order valence-corrected chi connectivity index (χ2v) is 5.80. The van der Waals surface area contributed by atoms with Crippen LogP contribution in [0.5, 0.6) is 0 Å². The van der Waals surface area contributed by atoms with Gasteiger partial charge in [0.25, 0.3) is 5.91 Å². The number of benzene rings is 1. The molecule has 5 nitrogen and oxygen atoms in total. The highest BCUT2D eigenvalue weighted by Gasteiger charge is 2.33. The Balaban J connectivity index is 1.71. The van der Waals surface area contributed by atoms with Gasteiger partial charge in [-0.15, -0.1) is 0 Å². The molecule has 2 aliphatic carbocycles. The monoisotopic (exact) mass is 288 g/mol. The van der Waals surface area contributed by atoms with Crippen LogP contribution in [0, 0.1) is 5.92 Å². The zero-order valence-electron chi connectivity index (χ0n) is 11.9. The summed E-state index contributed by atoms with van der Waals surface area (Å²) in [5, 5.41) is 12.0. The van der Waals surface area contributed by atoms with Crippen LogP contribution in [0.15, 0.2) is 24.3 Å². The Morgan fingerprint density at radius 1 is 1.24 bits per heavy atom. The Morgan fingerprint density at radius 3 is 2.62 bits per heavy atom. The molecule has 112 valence electrons. The van der Waals surface area contributed by atoms with Gasteiger partial charge >= 0.3 is 0 Å². The molecule has 0 unspecified atom stereocenters. The van der Waals surface area contributed by atoms with Crippen molar-refractivity contribution in [3.05, 3.63) is 29.8 Å². The van der Waals surface area contributed by atoms with E-state index in [-0.39, 0.29) is 30.4 Å². The first-order valence-electron chi connectivity index (χ1n) is 7.52. The predicted molar refractivity (Wildman–Crippen MR) is 78.9 cm³/mol. The molecule has 3 rings (SSSR count). The predicted octanol–water partition coefficient (Wildman–Crippen LogP) is 1.63. The van der Waals surface area contributed by atoms with E-state index in [1.54, 1.807) is 29.2 Å². The first-order valence-corrected chi connectivity index (χ1v) is 7.52. The normalized spacial score (nSPS) is 17.4. The number of nitrogens with one attached hydrogen (secondary N) is 1. The quantitative estimate of drug-likeness (QED) is 0.836. The summed E-state index contributed by atoms with van der Waals surface area (Å²) in [7, 11) is 0. The molecule has 21 heavy (non-hydrogen) atoms. The third-order valence-corrected chi connectivity index (χ3v) is 3.91. The van der Waals surface area contributed by atoms with E-state index in [1.807, 2.05) is 0 Å². The van der Waals surface area contributed by atoms with Gasteiger partial charge in [0.2, 0.25) is 5.91 Å². The molecule has 5 heteroatoms. The van der Waals surface area contributed by atoms with E-state index < -0.39 is 0 Å². The molecule has 0 spiro atoms. The first-order chi connectivity index (χ1) is 10.2. The number of nitrogens with zero attached hydrogens (tertiary/aromatic N) is 1. The minimum atomic E-state index is -0.0749. The van der Waals surface area contributed by atoms with E-state index in [0.717, 1.165) is 25.7 Å². The third-order valence-electron chi connectivity index (χ3n) is 3.91. The molecular weight excluding hydrogens is 268 g/mol. The average molecular weight is 288 g/mol. The van der Waals surface area contributed by atoms with Crippen molar-refractivity contribution in [2.24, 2.45) is 5.92 Å². The summed E-state index contributed by atoms with van der Waals surface area (Å²) in [6.07, 6.45) is 3.92. The molecule has 0 aromatic heterocycles. The Kier molecular flexibility index (Phi) is 3.92. The Labute approximate surface area is 123 Å². The highest BCUT2D eigenvalue weighted by atomic mass is 16.3. The Bertz CT molecular complexity index is 550. The lowest BCUT2D eigenvalue weighted by molar-refractivity contribution is -0.117. The first kappa shape index (κ1) is 14.1. The van der Waals surface area contributed by atoms with E-state index >= 15 is 0 Å². The number of hydrogen-bond donors (Lipinski definition) is 2. The van der Waals surface area contributed by atoms with Crippen LogP contribution in [0.1, 0.15) is 36.0 Å². The smallest absolute Gasteiger partial charge is 0.254 e. The molecule has 1 aromatic rings. The van der Waals surface area contributed by atoms with Gasteiger partial charge in [-0.3, -0.25) is 9.59 Å². The fourth-order valence-electron chi connectivity index (χ4n) is 2.43. The standard InChI is InChI=1S/C16H20N2O3/c19-9-8-18(14-6-7-14)16(21)12-2-1-3-13(10-12)17-15(20)11-4-5-11/h1-3,10-11,14,19H,4-9H2,(H,17,20). The second kappa shape index (κ2) is 5.85. The largest absolute Gasteiger partial charge is 0.395 e. The van der Waals surface area contributed by atoms with Crippen LogP contribution in [-0.2, 0) is 4.79 Å². The van der Waals surface area contributed by atoms with Crippen molar-refractivity contribution in [2.75, 3.05) is 18.5 Å². The summed E-state index contributed by atoms with van der Waals surface area (Å²) in [5.74, 6) is 0.102. The number of hydrogen-bond acceptors (Lipinski definition) is 3. The molecule has 0 radical (unpaired) electrons. The summed E-state index contributed by atoms with van der Waals surface area (Å²) in [5.41, 5.74) is 1.22. The molecule has 2 amide bonds. The maximum absolute atomic E-state index is 12.5. The van der Waals surface area contributed by atoms with Gasteiger partial charge in [0, 0.05) is 29.8 Å². The summed E-state index contributed by atoms with van der Waals surface area (Å²) >= 11 is 0. The molecule has 2 saturated carbocycles. The van der Waals surface area contributed by atoms with Gasteiger partial charge in [0.05, 0.1) is 6.61 Å². The van der Waals surface area contributed by atoms with Crippen molar-refractivity contribution in [3.8, 4) is 0 Å². The number of rotatable bonds is 6. The van der Waals surface area contributed by atoms with Crippen LogP contribution < -0.4 is 5.32 Å². The van der Waals surface area contributed by atoms with Gasteiger partial charge in [-0.2, -0.15) is 0 Å². The molecule has 0 saturated heterocycles. The van der Waals surface area contributed by atoms with Crippen LogP contribution in [0.2, 0.25) is 0 Å². The molecule has 0 aliphatic heterocycles. The van der Waals surface area contributed by atoms with Crippen LogP contribution in [0.3, 0.4) is 0 Å².